The van der Waals surface area contributed by atoms with Crippen LogP contribution < -0.4 is 5.32 Å². The van der Waals surface area contributed by atoms with E-state index in [1.165, 1.54) is 30.6 Å². The lowest BCUT2D eigenvalue weighted by atomic mass is 10.2. The average molecular weight is 261 g/mol. The van der Waals surface area contributed by atoms with Gasteiger partial charge in [-0.2, -0.15) is 0 Å². The van der Waals surface area contributed by atoms with Crippen LogP contribution >= 0.6 is 11.3 Å². The summed E-state index contributed by atoms with van der Waals surface area (Å²) in [6.07, 6.45) is 10.4. The van der Waals surface area contributed by atoms with Crippen molar-refractivity contribution < 1.29 is 0 Å². The molecule has 4 heteroatoms. The summed E-state index contributed by atoms with van der Waals surface area (Å²) in [5, 5.41) is 5.60. The first-order valence-electron chi connectivity index (χ1n) is 6.72. The summed E-state index contributed by atoms with van der Waals surface area (Å²) < 4.78 is 2.32. The zero-order valence-electron chi connectivity index (χ0n) is 10.5. The van der Waals surface area contributed by atoms with Crippen molar-refractivity contribution in [3.63, 3.8) is 0 Å². The lowest BCUT2D eigenvalue weighted by Crippen LogP contribution is -2.12. The van der Waals surface area contributed by atoms with Crippen molar-refractivity contribution in [3.05, 3.63) is 34.8 Å². The fraction of sp³-hybridized carbons (Fsp3) is 0.500. The minimum absolute atomic E-state index is 0.664. The molecule has 0 aliphatic heterocycles. The van der Waals surface area contributed by atoms with E-state index in [1.807, 2.05) is 17.5 Å². The van der Waals surface area contributed by atoms with Gasteiger partial charge in [-0.1, -0.05) is 18.9 Å². The first-order chi connectivity index (χ1) is 8.93. The normalized spacial score (nSPS) is 16.2. The van der Waals surface area contributed by atoms with E-state index in [1.54, 1.807) is 0 Å². The molecule has 0 bridgehead atoms. The molecule has 1 aliphatic carbocycles. The second-order valence-electron chi connectivity index (χ2n) is 4.85. The number of imidazole rings is 1. The molecule has 1 fully saturated rings. The van der Waals surface area contributed by atoms with Crippen LogP contribution in [0.1, 0.15) is 36.6 Å². The number of anilines is 1. The fourth-order valence-corrected chi connectivity index (χ4v) is 3.39. The van der Waals surface area contributed by atoms with E-state index in [2.05, 4.69) is 38.6 Å². The van der Waals surface area contributed by atoms with Crippen LogP contribution in [0.5, 0.6) is 0 Å². The van der Waals surface area contributed by atoms with Crippen LogP contribution in [0, 0.1) is 0 Å². The van der Waals surface area contributed by atoms with Crippen LogP contribution in [0.3, 0.4) is 0 Å². The van der Waals surface area contributed by atoms with Crippen LogP contribution in [0.25, 0.3) is 0 Å². The maximum absolute atomic E-state index is 4.43. The van der Waals surface area contributed by atoms with Crippen LogP contribution in [-0.4, -0.2) is 16.1 Å². The summed E-state index contributed by atoms with van der Waals surface area (Å²) >= 11 is 1.82. The van der Waals surface area contributed by atoms with Crippen molar-refractivity contribution in [1.82, 2.24) is 9.55 Å². The second kappa shape index (κ2) is 5.57. The Labute approximate surface area is 112 Å². The Morgan fingerprint density at radius 3 is 3.06 bits per heavy atom. The summed E-state index contributed by atoms with van der Waals surface area (Å²) in [6.45, 7) is 0.963. The zero-order valence-corrected chi connectivity index (χ0v) is 11.3. The predicted octanol–water partition coefficient (Wildman–Crippen LogP) is 3.71. The highest BCUT2D eigenvalue weighted by Gasteiger charge is 2.18. The summed E-state index contributed by atoms with van der Waals surface area (Å²) in [4.78, 5) is 5.87. The highest BCUT2D eigenvalue weighted by molar-refractivity contribution is 7.09. The van der Waals surface area contributed by atoms with Crippen LogP contribution in [0.2, 0.25) is 0 Å². The monoisotopic (exact) mass is 261 g/mol. The third-order valence-electron chi connectivity index (χ3n) is 3.62. The van der Waals surface area contributed by atoms with Gasteiger partial charge in [0.2, 0.25) is 5.95 Å². The van der Waals surface area contributed by atoms with E-state index >= 15 is 0 Å². The highest BCUT2D eigenvalue weighted by atomic mass is 32.1. The number of thiophene rings is 1. The molecule has 0 amide bonds. The first kappa shape index (κ1) is 11.8. The summed E-state index contributed by atoms with van der Waals surface area (Å²) in [7, 11) is 0. The molecule has 1 N–H and O–H groups in total. The lowest BCUT2D eigenvalue weighted by molar-refractivity contribution is 0.523. The van der Waals surface area contributed by atoms with Gasteiger partial charge in [0.05, 0.1) is 0 Å². The molecule has 1 saturated carbocycles. The van der Waals surface area contributed by atoms with Gasteiger partial charge in [-0.25, -0.2) is 4.98 Å². The van der Waals surface area contributed by atoms with E-state index in [4.69, 9.17) is 0 Å². The summed E-state index contributed by atoms with van der Waals surface area (Å²) in [6, 6.07) is 4.96. The van der Waals surface area contributed by atoms with Gasteiger partial charge in [0.1, 0.15) is 0 Å². The number of nitrogens with zero attached hydrogens (tertiary/aromatic N) is 2. The topological polar surface area (TPSA) is 29.9 Å². The summed E-state index contributed by atoms with van der Waals surface area (Å²) in [5.74, 6) is 1.04. The van der Waals surface area contributed by atoms with Crippen molar-refractivity contribution in [3.8, 4) is 0 Å². The molecule has 3 rings (SSSR count). The molecule has 2 aromatic rings. The Kier molecular flexibility index (Phi) is 3.64. The van der Waals surface area contributed by atoms with E-state index in [-0.39, 0.29) is 0 Å². The van der Waals surface area contributed by atoms with E-state index < -0.39 is 0 Å². The van der Waals surface area contributed by atoms with Crippen molar-refractivity contribution in [1.29, 1.82) is 0 Å². The van der Waals surface area contributed by atoms with Crippen molar-refractivity contribution in [2.24, 2.45) is 0 Å². The minimum Gasteiger partial charge on any atom is -0.355 e. The number of hydrogen-bond donors (Lipinski definition) is 1. The van der Waals surface area contributed by atoms with Crippen LogP contribution in [-0.2, 0) is 6.42 Å². The van der Waals surface area contributed by atoms with Gasteiger partial charge in [-0.15, -0.1) is 11.3 Å². The maximum atomic E-state index is 4.43. The predicted molar refractivity (Wildman–Crippen MR) is 76.2 cm³/mol. The van der Waals surface area contributed by atoms with Crippen LogP contribution in [0.15, 0.2) is 29.9 Å². The van der Waals surface area contributed by atoms with Crippen molar-refractivity contribution in [2.45, 2.75) is 38.1 Å². The fourth-order valence-electron chi connectivity index (χ4n) is 2.68. The van der Waals surface area contributed by atoms with Gasteiger partial charge < -0.3 is 9.88 Å². The molecule has 0 spiro atoms. The number of nitrogens with one attached hydrogen (secondary N) is 1. The molecule has 96 valence electrons. The largest absolute Gasteiger partial charge is 0.355 e. The number of hydrogen-bond acceptors (Lipinski definition) is 3. The molecular formula is C14H19N3S. The number of rotatable bonds is 5. The minimum atomic E-state index is 0.664. The highest BCUT2D eigenvalue weighted by Crippen LogP contribution is 2.31. The molecule has 0 saturated heterocycles. The molecule has 2 heterocycles. The molecule has 0 atom stereocenters. The Balaban J connectivity index is 1.57. The molecule has 2 aromatic heterocycles. The Hall–Kier alpha value is -1.29. The van der Waals surface area contributed by atoms with Gasteiger partial charge in [0.25, 0.3) is 0 Å². The Morgan fingerprint density at radius 1 is 1.39 bits per heavy atom. The molecule has 18 heavy (non-hydrogen) atoms. The van der Waals surface area contributed by atoms with Gasteiger partial charge in [0, 0.05) is 29.9 Å². The van der Waals surface area contributed by atoms with E-state index in [0.29, 0.717) is 6.04 Å². The Bertz CT molecular complexity index is 469. The van der Waals surface area contributed by atoms with Crippen molar-refractivity contribution in [2.75, 3.05) is 11.9 Å². The molecule has 0 unspecified atom stereocenters. The van der Waals surface area contributed by atoms with Gasteiger partial charge in [0.15, 0.2) is 0 Å². The van der Waals surface area contributed by atoms with Gasteiger partial charge >= 0.3 is 0 Å². The maximum Gasteiger partial charge on any atom is 0.203 e. The smallest absolute Gasteiger partial charge is 0.203 e. The second-order valence-corrected chi connectivity index (χ2v) is 5.88. The van der Waals surface area contributed by atoms with Crippen molar-refractivity contribution >= 4 is 17.3 Å². The Morgan fingerprint density at radius 2 is 2.28 bits per heavy atom. The van der Waals surface area contributed by atoms with E-state index in [9.17, 15) is 0 Å². The molecule has 1 aliphatic rings. The van der Waals surface area contributed by atoms with Gasteiger partial charge in [-0.05, 0) is 30.7 Å². The van der Waals surface area contributed by atoms with Crippen LogP contribution in [0.4, 0.5) is 5.95 Å². The molecule has 0 radical (unpaired) electrons. The third kappa shape index (κ3) is 2.58. The molecule has 0 aromatic carbocycles. The molecule has 3 nitrogen and oxygen atoms in total. The quantitative estimate of drug-likeness (QED) is 0.889. The van der Waals surface area contributed by atoms with E-state index in [0.717, 1.165) is 18.9 Å². The summed E-state index contributed by atoms with van der Waals surface area (Å²) in [5.41, 5.74) is 0. The standard InChI is InChI=1S/C14H19N3S/c1-2-5-12(4-1)17-10-9-16-14(17)15-8-7-13-6-3-11-18-13/h3,6,9-12H,1-2,4-5,7-8H2,(H,15,16). The zero-order chi connectivity index (χ0) is 12.2. The third-order valence-corrected chi connectivity index (χ3v) is 4.56. The first-order valence-corrected chi connectivity index (χ1v) is 7.60. The SMILES string of the molecule is c1csc(CCNc2nccn2C2CCCC2)c1. The lowest BCUT2D eigenvalue weighted by Gasteiger charge is -2.15. The number of aromatic nitrogens is 2. The average Bonchev–Trinajstić information content (AvgIpc) is 3.12. The van der Waals surface area contributed by atoms with Gasteiger partial charge in [-0.3, -0.25) is 0 Å². The molecular weight excluding hydrogens is 242 g/mol.